The maximum absolute atomic E-state index is 13.3. The minimum Gasteiger partial charge on any atom is -0.481 e. The molecule has 2 aromatic carbocycles. The summed E-state index contributed by atoms with van der Waals surface area (Å²) in [7, 11) is 1.40. The number of nitrogens with zero attached hydrogens (tertiary/aromatic N) is 1. The summed E-state index contributed by atoms with van der Waals surface area (Å²) in [5, 5.41) is 23.1. The SMILES string of the molecule is COc1ccc(-c2cc(C)c(C(=O)NCC(C)(C)C)cc2C(=O)O)c(C(=O)Nc2ccc(C(=N)N)cc2)n1. The Morgan fingerprint density at radius 1 is 1.00 bits per heavy atom. The number of pyridine rings is 1. The number of carbonyl (C=O) groups excluding carboxylic acids is 2. The van der Waals surface area contributed by atoms with Crippen LogP contribution in [0, 0.1) is 17.7 Å². The van der Waals surface area contributed by atoms with Crippen LogP contribution in [0.15, 0.2) is 48.5 Å². The number of hydrogen-bond acceptors (Lipinski definition) is 6. The number of nitrogen functional groups attached to an aromatic ring is 1. The molecule has 0 saturated heterocycles. The first-order valence-electron chi connectivity index (χ1n) is 11.8. The molecule has 0 spiro atoms. The molecule has 3 rings (SSSR count). The van der Waals surface area contributed by atoms with Crippen LogP contribution in [0.3, 0.4) is 0 Å². The lowest BCUT2D eigenvalue weighted by Crippen LogP contribution is -2.32. The van der Waals surface area contributed by atoms with Gasteiger partial charge in [-0.05, 0) is 65.9 Å². The van der Waals surface area contributed by atoms with Gasteiger partial charge in [-0.2, -0.15) is 0 Å². The number of amides is 2. The zero-order chi connectivity index (χ0) is 28.2. The summed E-state index contributed by atoms with van der Waals surface area (Å²) < 4.78 is 5.20. The Morgan fingerprint density at radius 3 is 2.21 bits per heavy atom. The van der Waals surface area contributed by atoms with E-state index < -0.39 is 11.9 Å². The van der Waals surface area contributed by atoms with E-state index in [2.05, 4.69) is 15.6 Å². The molecule has 0 aliphatic heterocycles. The Morgan fingerprint density at radius 2 is 1.66 bits per heavy atom. The predicted molar refractivity (Wildman–Crippen MR) is 145 cm³/mol. The standard InChI is InChI=1S/C28H31N5O5/c1-15-12-20(21(27(36)37)13-19(15)25(34)31-14-28(2,3)4)18-10-11-22(38-5)33-23(18)26(35)32-17-8-6-16(7-9-17)24(29)30/h6-13H,14H2,1-5H3,(H3,29,30)(H,31,34)(H,32,35)(H,36,37). The monoisotopic (exact) mass is 517 g/mol. The summed E-state index contributed by atoms with van der Waals surface area (Å²) in [6, 6.07) is 12.3. The van der Waals surface area contributed by atoms with Crippen LogP contribution in [0.1, 0.15) is 63.1 Å². The minimum absolute atomic E-state index is 0.0631. The smallest absolute Gasteiger partial charge is 0.336 e. The lowest BCUT2D eigenvalue weighted by Gasteiger charge is -2.20. The Balaban J connectivity index is 2.07. The third kappa shape index (κ3) is 6.52. The van der Waals surface area contributed by atoms with Gasteiger partial charge in [0.15, 0.2) is 0 Å². The van der Waals surface area contributed by atoms with Crippen LogP contribution in [0.2, 0.25) is 0 Å². The highest BCUT2D eigenvalue weighted by molar-refractivity contribution is 6.10. The van der Waals surface area contributed by atoms with Gasteiger partial charge in [0.05, 0.1) is 12.7 Å². The number of anilines is 1. The molecule has 0 fully saturated rings. The minimum atomic E-state index is -1.26. The number of aryl methyl sites for hydroxylation is 1. The molecule has 0 saturated carbocycles. The largest absolute Gasteiger partial charge is 0.481 e. The Labute approximate surface area is 220 Å². The second kappa shape index (κ2) is 11.1. The quantitative estimate of drug-likeness (QED) is 0.222. The molecule has 3 aromatic rings. The molecule has 0 radical (unpaired) electrons. The van der Waals surface area contributed by atoms with Crippen LogP contribution in [-0.2, 0) is 0 Å². The van der Waals surface area contributed by atoms with Gasteiger partial charge < -0.3 is 26.2 Å². The Kier molecular flexibility index (Phi) is 8.15. The molecule has 1 aromatic heterocycles. The zero-order valence-corrected chi connectivity index (χ0v) is 21.9. The van der Waals surface area contributed by atoms with E-state index in [1.807, 2.05) is 20.8 Å². The molecule has 6 N–H and O–H groups in total. The average molecular weight is 518 g/mol. The molecular weight excluding hydrogens is 486 g/mol. The van der Waals surface area contributed by atoms with Crippen LogP contribution >= 0.6 is 0 Å². The maximum Gasteiger partial charge on any atom is 0.336 e. The molecule has 10 nitrogen and oxygen atoms in total. The highest BCUT2D eigenvalue weighted by Crippen LogP contribution is 2.31. The number of ether oxygens (including phenoxy) is 1. The Bertz CT molecular complexity index is 1410. The van der Waals surface area contributed by atoms with E-state index in [1.165, 1.54) is 19.2 Å². The van der Waals surface area contributed by atoms with Gasteiger partial charge in [-0.15, -0.1) is 0 Å². The first-order chi connectivity index (χ1) is 17.8. The number of carbonyl (C=O) groups is 3. The van der Waals surface area contributed by atoms with Crippen molar-refractivity contribution in [1.82, 2.24) is 10.3 Å². The number of rotatable bonds is 8. The molecule has 0 atom stereocenters. The van der Waals surface area contributed by atoms with E-state index in [-0.39, 0.29) is 51.0 Å². The molecule has 38 heavy (non-hydrogen) atoms. The van der Waals surface area contributed by atoms with E-state index in [9.17, 15) is 19.5 Å². The van der Waals surface area contributed by atoms with Gasteiger partial charge in [0.2, 0.25) is 5.88 Å². The van der Waals surface area contributed by atoms with E-state index >= 15 is 0 Å². The second-order valence-corrected chi connectivity index (χ2v) is 9.96. The Hall–Kier alpha value is -4.73. The normalized spacial score (nSPS) is 11.0. The van der Waals surface area contributed by atoms with Crippen molar-refractivity contribution < 1.29 is 24.2 Å². The van der Waals surface area contributed by atoms with Gasteiger partial charge in [-0.3, -0.25) is 15.0 Å². The van der Waals surface area contributed by atoms with E-state index in [1.54, 1.807) is 43.3 Å². The molecule has 0 bridgehead atoms. The summed E-state index contributed by atoms with van der Waals surface area (Å²) in [6.07, 6.45) is 0. The van der Waals surface area contributed by atoms with Crippen molar-refractivity contribution in [3.63, 3.8) is 0 Å². The summed E-state index contributed by atoms with van der Waals surface area (Å²) in [6.45, 7) is 8.05. The number of amidine groups is 1. The lowest BCUT2D eigenvalue weighted by atomic mass is 9.92. The van der Waals surface area contributed by atoms with Crippen LogP contribution < -0.4 is 21.1 Å². The van der Waals surface area contributed by atoms with Crippen molar-refractivity contribution in [3.8, 4) is 17.0 Å². The first-order valence-corrected chi connectivity index (χ1v) is 11.8. The van der Waals surface area contributed by atoms with Crippen molar-refractivity contribution in [2.24, 2.45) is 11.1 Å². The third-order valence-corrected chi connectivity index (χ3v) is 5.66. The van der Waals surface area contributed by atoms with E-state index in [0.717, 1.165) is 0 Å². The predicted octanol–water partition coefficient (Wildman–Crippen LogP) is 4.08. The van der Waals surface area contributed by atoms with Gasteiger partial charge >= 0.3 is 5.97 Å². The number of nitrogens with two attached hydrogens (primary N) is 1. The molecule has 1 heterocycles. The van der Waals surface area contributed by atoms with Gasteiger partial charge in [0.25, 0.3) is 11.8 Å². The average Bonchev–Trinajstić information content (AvgIpc) is 2.86. The second-order valence-electron chi connectivity index (χ2n) is 9.96. The third-order valence-electron chi connectivity index (χ3n) is 5.66. The summed E-state index contributed by atoms with van der Waals surface area (Å²) in [5.41, 5.74) is 7.30. The number of hydrogen-bond donors (Lipinski definition) is 5. The molecular formula is C28H31N5O5. The number of nitrogens with one attached hydrogen (secondary N) is 3. The number of benzene rings is 2. The van der Waals surface area contributed by atoms with Crippen molar-refractivity contribution in [2.75, 3.05) is 19.0 Å². The van der Waals surface area contributed by atoms with Gasteiger partial charge in [-0.25, -0.2) is 9.78 Å². The fraction of sp³-hybridized carbons (Fsp3) is 0.250. The molecule has 198 valence electrons. The number of aromatic carboxylic acids is 1. The molecule has 0 unspecified atom stereocenters. The van der Waals surface area contributed by atoms with Gasteiger partial charge in [0.1, 0.15) is 11.5 Å². The fourth-order valence-electron chi connectivity index (χ4n) is 3.66. The summed E-state index contributed by atoms with van der Waals surface area (Å²) in [5.74, 6) is -2.18. The van der Waals surface area contributed by atoms with Crippen molar-refractivity contribution in [2.45, 2.75) is 27.7 Å². The van der Waals surface area contributed by atoms with Crippen LogP contribution in [0.25, 0.3) is 11.1 Å². The fourth-order valence-corrected chi connectivity index (χ4v) is 3.66. The number of aromatic nitrogens is 1. The first kappa shape index (κ1) is 27.9. The number of carboxylic acid groups (broad SMARTS) is 1. The van der Waals surface area contributed by atoms with E-state index in [4.69, 9.17) is 15.9 Å². The van der Waals surface area contributed by atoms with Crippen molar-refractivity contribution in [3.05, 3.63) is 76.5 Å². The molecule has 0 aliphatic carbocycles. The van der Waals surface area contributed by atoms with Gasteiger partial charge in [-0.1, -0.05) is 20.8 Å². The lowest BCUT2D eigenvalue weighted by molar-refractivity contribution is 0.0697. The summed E-state index contributed by atoms with van der Waals surface area (Å²) >= 11 is 0. The summed E-state index contributed by atoms with van der Waals surface area (Å²) in [4.78, 5) is 42.7. The van der Waals surface area contributed by atoms with Gasteiger partial charge in [0, 0.05) is 35.0 Å². The molecule has 2 amide bonds. The highest BCUT2D eigenvalue weighted by Gasteiger charge is 2.24. The zero-order valence-electron chi connectivity index (χ0n) is 21.9. The van der Waals surface area contributed by atoms with Crippen molar-refractivity contribution >= 4 is 29.3 Å². The highest BCUT2D eigenvalue weighted by atomic mass is 16.5. The van der Waals surface area contributed by atoms with Crippen LogP contribution in [0.4, 0.5) is 5.69 Å². The van der Waals surface area contributed by atoms with E-state index in [0.29, 0.717) is 23.4 Å². The molecule has 10 heteroatoms. The molecule has 0 aliphatic rings. The maximum atomic E-state index is 13.3. The van der Waals surface area contributed by atoms with Crippen molar-refractivity contribution in [1.29, 1.82) is 5.41 Å². The number of carboxylic acids is 1. The number of methoxy groups -OCH3 is 1. The van der Waals surface area contributed by atoms with Crippen LogP contribution in [0.5, 0.6) is 5.88 Å². The topological polar surface area (TPSA) is 167 Å². The van der Waals surface area contributed by atoms with Crippen LogP contribution in [-0.4, -0.2) is 47.4 Å².